The number of nitrogens with zero attached hydrogens (tertiary/aromatic N) is 2. The molecule has 1 fully saturated rings. The lowest BCUT2D eigenvalue weighted by Crippen LogP contribution is -2.51. The predicted octanol–water partition coefficient (Wildman–Crippen LogP) is 4.13. The quantitative estimate of drug-likeness (QED) is 0.698. The van der Waals surface area contributed by atoms with Crippen LogP contribution in [0.4, 0.5) is 4.39 Å². The highest BCUT2D eigenvalue weighted by Gasteiger charge is 2.51. The van der Waals surface area contributed by atoms with Gasteiger partial charge >= 0.3 is 0 Å². The molecule has 1 saturated heterocycles. The number of allylic oxidation sites excluding steroid dienone is 1. The van der Waals surface area contributed by atoms with Crippen LogP contribution in [0.15, 0.2) is 41.5 Å². The van der Waals surface area contributed by atoms with Crippen LogP contribution in [-0.4, -0.2) is 40.2 Å². The van der Waals surface area contributed by atoms with Crippen molar-refractivity contribution < 1.29 is 14.0 Å². The third-order valence-electron chi connectivity index (χ3n) is 6.95. The summed E-state index contributed by atoms with van der Waals surface area (Å²) in [6, 6.07) is 4.79. The number of imide groups is 1. The van der Waals surface area contributed by atoms with Gasteiger partial charge in [-0.1, -0.05) is 18.6 Å². The number of benzene rings is 1. The number of hydrogen-bond donors (Lipinski definition) is 1. The Morgan fingerprint density at radius 2 is 1.97 bits per heavy atom. The molecule has 2 amide bonds. The van der Waals surface area contributed by atoms with Gasteiger partial charge < -0.3 is 4.90 Å². The molecule has 3 unspecified atom stereocenters. The molecule has 1 aromatic heterocycles. The minimum atomic E-state index is -0.590. The van der Waals surface area contributed by atoms with Crippen molar-refractivity contribution in [3.63, 3.8) is 0 Å². The van der Waals surface area contributed by atoms with Crippen LogP contribution in [0.1, 0.15) is 38.8 Å². The van der Waals surface area contributed by atoms with Gasteiger partial charge in [0.25, 0.3) is 11.8 Å². The lowest BCUT2D eigenvalue weighted by atomic mass is 9.63. The molecule has 5 rings (SSSR count). The Kier molecular flexibility index (Phi) is 5.79. The maximum absolute atomic E-state index is 13.8. The molecule has 164 valence electrons. The average Bonchev–Trinajstić information content (AvgIpc) is 3.28. The smallest absolute Gasteiger partial charge is 0.258 e. The number of rotatable bonds is 3. The van der Waals surface area contributed by atoms with Gasteiger partial charge in [0.15, 0.2) is 0 Å². The summed E-state index contributed by atoms with van der Waals surface area (Å²) in [5.74, 6) is -1.14. The molecule has 8 heteroatoms. The van der Waals surface area contributed by atoms with Gasteiger partial charge in [-0.2, -0.15) is 4.37 Å². The number of carbonyl (C=O) groups excluding carboxylic acids is 2. The maximum atomic E-state index is 13.8. The molecule has 31 heavy (non-hydrogen) atoms. The molecule has 0 saturated carbocycles. The maximum Gasteiger partial charge on any atom is 0.258 e. The minimum Gasteiger partial charge on any atom is -0.300 e. The van der Waals surface area contributed by atoms with Crippen molar-refractivity contribution >= 4 is 45.8 Å². The van der Waals surface area contributed by atoms with Crippen LogP contribution in [0.3, 0.4) is 0 Å². The van der Waals surface area contributed by atoms with Crippen molar-refractivity contribution in [2.24, 2.45) is 5.92 Å². The fraction of sp³-hybridized carbons (Fsp3) is 0.435. The summed E-state index contributed by atoms with van der Waals surface area (Å²) in [4.78, 5) is 27.7. The molecule has 3 atom stereocenters. The highest BCUT2D eigenvalue weighted by atomic mass is 35.5. The van der Waals surface area contributed by atoms with Crippen LogP contribution in [0.2, 0.25) is 0 Å². The second-order valence-corrected chi connectivity index (χ2v) is 9.52. The summed E-state index contributed by atoms with van der Waals surface area (Å²) in [5.41, 5.74) is 1.28. The second-order valence-electron chi connectivity index (χ2n) is 8.71. The van der Waals surface area contributed by atoms with Crippen molar-refractivity contribution in [2.45, 2.75) is 44.6 Å². The molecule has 3 aliphatic rings. The molecular weight excluding hydrogens is 437 g/mol. The fourth-order valence-corrected chi connectivity index (χ4v) is 6.33. The molecule has 1 aliphatic carbocycles. The number of hydrogen-bond acceptors (Lipinski definition) is 5. The zero-order valence-corrected chi connectivity index (χ0v) is 19.1. The van der Waals surface area contributed by atoms with E-state index in [1.54, 1.807) is 12.1 Å². The molecule has 2 aliphatic heterocycles. The third kappa shape index (κ3) is 3.43. The summed E-state index contributed by atoms with van der Waals surface area (Å²) < 4.78 is 19.3. The van der Waals surface area contributed by atoms with Crippen molar-refractivity contribution in [1.82, 2.24) is 14.6 Å². The number of carbonyl (C=O) groups is 2. The normalized spacial score (nSPS) is 27.3. The Morgan fingerprint density at radius 1 is 1.23 bits per heavy atom. The molecule has 0 radical (unpaired) electrons. The van der Waals surface area contributed by atoms with Gasteiger partial charge in [0, 0.05) is 33.9 Å². The van der Waals surface area contributed by atoms with Crippen LogP contribution in [0.25, 0.3) is 10.1 Å². The van der Waals surface area contributed by atoms with Crippen molar-refractivity contribution in [2.75, 3.05) is 13.1 Å². The van der Waals surface area contributed by atoms with Crippen LogP contribution in [-0.2, 0) is 15.0 Å². The van der Waals surface area contributed by atoms with E-state index in [1.807, 2.05) is 6.08 Å². The number of amides is 2. The van der Waals surface area contributed by atoms with Crippen LogP contribution in [0.5, 0.6) is 0 Å². The summed E-state index contributed by atoms with van der Waals surface area (Å²) in [6.45, 7) is 6.21. The van der Waals surface area contributed by atoms with Gasteiger partial charge in [0.1, 0.15) is 5.82 Å². The van der Waals surface area contributed by atoms with Gasteiger partial charge in [-0.3, -0.25) is 14.9 Å². The van der Waals surface area contributed by atoms with E-state index in [0.717, 1.165) is 41.7 Å². The van der Waals surface area contributed by atoms with Crippen LogP contribution < -0.4 is 5.32 Å². The molecule has 2 aromatic rings. The number of nitrogens with one attached hydrogen (secondary N) is 1. The third-order valence-corrected chi connectivity index (χ3v) is 7.76. The van der Waals surface area contributed by atoms with Gasteiger partial charge in [0.2, 0.25) is 0 Å². The van der Waals surface area contributed by atoms with Gasteiger partial charge in [0.05, 0.1) is 10.4 Å². The monoisotopic (exact) mass is 461 g/mol. The highest BCUT2D eigenvalue weighted by Crippen LogP contribution is 2.48. The zero-order valence-electron chi connectivity index (χ0n) is 17.5. The molecule has 3 heterocycles. The van der Waals surface area contributed by atoms with Gasteiger partial charge in [-0.25, -0.2) is 4.39 Å². The van der Waals surface area contributed by atoms with E-state index in [4.69, 9.17) is 4.37 Å². The Hall–Kier alpha value is -2.09. The number of halogens is 2. The molecule has 1 N–H and O–H groups in total. The number of fused-ring (bicyclic) bond motifs is 1. The number of aromatic nitrogens is 1. The summed E-state index contributed by atoms with van der Waals surface area (Å²) in [6.07, 6.45) is 7.29. The van der Waals surface area contributed by atoms with E-state index in [0.29, 0.717) is 11.1 Å². The minimum absolute atomic E-state index is 0. The average molecular weight is 462 g/mol. The summed E-state index contributed by atoms with van der Waals surface area (Å²) in [5, 5.41) is 3.39. The predicted molar refractivity (Wildman–Crippen MR) is 122 cm³/mol. The van der Waals surface area contributed by atoms with Crippen molar-refractivity contribution in [3.8, 4) is 0 Å². The number of piperidine rings is 1. The summed E-state index contributed by atoms with van der Waals surface area (Å²) >= 11 is 1.28. The van der Waals surface area contributed by atoms with E-state index in [2.05, 4.69) is 24.1 Å². The van der Waals surface area contributed by atoms with Crippen LogP contribution in [0, 0.1) is 11.7 Å². The first kappa shape index (κ1) is 22.1. The lowest BCUT2D eigenvalue weighted by Gasteiger charge is -2.45. The SMILES string of the molecule is CC(C1C2=C(C=CC1(C)c1nsc3cc(F)ccc13)C(=O)NC2=O)N1CCCCC1.Cl. The van der Waals surface area contributed by atoms with E-state index < -0.39 is 5.41 Å². The first-order valence-electron chi connectivity index (χ1n) is 10.5. The second kappa shape index (κ2) is 8.11. The fourth-order valence-electron chi connectivity index (χ4n) is 5.42. The summed E-state index contributed by atoms with van der Waals surface area (Å²) in [7, 11) is 0. The molecule has 0 bridgehead atoms. The first-order valence-corrected chi connectivity index (χ1v) is 11.3. The zero-order chi connectivity index (χ0) is 21.0. The Labute approximate surface area is 191 Å². The molecule has 0 spiro atoms. The van der Waals surface area contributed by atoms with Crippen molar-refractivity contribution in [3.05, 3.63) is 53.0 Å². The Morgan fingerprint density at radius 3 is 2.71 bits per heavy atom. The van der Waals surface area contributed by atoms with Crippen LogP contribution >= 0.6 is 23.9 Å². The lowest BCUT2D eigenvalue weighted by molar-refractivity contribution is -0.124. The van der Waals surface area contributed by atoms with Crippen molar-refractivity contribution in [1.29, 1.82) is 0 Å². The Bertz CT molecular complexity index is 1120. The van der Waals surface area contributed by atoms with Gasteiger partial charge in [-0.05, 0) is 69.5 Å². The van der Waals surface area contributed by atoms with Gasteiger partial charge in [-0.15, -0.1) is 12.4 Å². The first-order chi connectivity index (χ1) is 14.4. The molecular formula is C23H25ClFN3O2S. The topological polar surface area (TPSA) is 62.3 Å². The van der Waals surface area contributed by atoms with E-state index in [9.17, 15) is 14.0 Å². The molecule has 1 aromatic carbocycles. The Balaban J connectivity index is 0.00000231. The number of likely N-dealkylation sites (tertiary alicyclic amines) is 1. The van der Waals surface area contributed by atoms with E-state index >= 15 is 0 Å². The standard InChI is InChI=1S/C23H24FN3O2S.ClH/c1-13(27-10-4-3-5-11-27)19-18-16(21(28)25-22(18)29)8-9-23(19,2)20-15-7-6-14(24)12-17(15)30-26-20;/h6-9,12-13,19H,3-5,10-11H2,1-2H3,(H,25,28,29);1H. The highest BCUT2D eigenvalue weighted by molar-refractivity contribution is 7.13. The largest absolute Gasteiger partial charge is 0.300 e. The molecule has 5 nitrogen and oxygen atoms in total. The van der Waals surface area contributed by atoms with E-state index in [-0.39, 0.29) is 42.0 Å². The van der Waals surface area contributed by atoms with E-state index in [1.165, 1.54) is 30.1 Å².